The number of hydrogen-bond donors (Lipinski definition) is 0. The highest BCUT2D eigenvalue weighted by atomic mass is 16.6. The summed E-state index contributed by atoms with van der Waals surface area (Å²) in [5, 5.41) is 0. The third kappa shape index (κ3) is 8.16. The predicted molar refractivity (Wildman–Crippen MR) is 174 cm³/mol. The number of ether oxygens (including phenoxy) is 1. The zero-order valence-electron chi connectivity index (χ0n) is 27.4. The van der Waals surface area contributed by atoms with E-state index in [0.717, 1.165) is 36.2 Å². The van der Waals surface area contributed by atoms with Crippen molar-refractivity contribution < 1.29 is 14.3 Å². The number of fused-ring (bicyclic) bond motifs is 1. The largest absolute Gasteiger partial charge is 0.444 e. The van der Waals surface area contributed by atoms with Crippen molar-refractivity contribution in [2.75, 3.05) is 20.1 Å². The van der Waals surface area contributed by atoms with Gasteiger partial charge in [0.25, 0.3) is 11.5 Å². The molecule has 0 N–H and O–H groups in total. The maximum absolute atomic E-state index is 14.3. The summed E-state index contributed by atoms with van der Waals surface area (Å²) in [6.07, 6.45) is 3.26. The second kappa shape index (κ2) is 14.2. The van der Waals surface area contributed by atoms with Crippen molar-refractivity contribution in [3.8, 4) is 0 Å². The van der Waals surface area contributed by atoms with Gasteiger partial charge in [-0.3, -0.25) is 14.2 Å². The molecule has 3 aromatic rings. The first kappa shape index (κ1) is 33.0. The summed E-state index contributed by atoms with van der Waals surface area (Å²) in [5.74, 6) is 0.654. The van der Waals surface area contributed by atoms with E-state index in [2.05, 4.69) is 13.8 Å². The molecule has 8 heteroatoms. The number of hydrogen-bond acceptors (Lipinski definition) is 5. The molecule has 0 fully saturated rings. The van der Waals surface area contributed by atoms with Crippen LogP contribution < -0.4 is 5.56 Å². The molecule has 2 aromatic carbocycles. The highest BCUT2D eigenvalue weighted by molar-refractivity contribution is 5.94. The van der Waals surface area contributed by atoms with Crippen molar-refractivity contribution >= 4 is 12.0 Å². The zero-order chi connectivity index (χ0) is 32.0. The molecule has 1 aliphatic rings. The fourth-order valence-corrected chi connectivity index (χ4v) is 5.80. The molecule has 0 aliphatic carbocycles. The average Bonchev–Trinajstić information content (AvgIpc) is 2.98. The molecule has 0 spiro atoms. The molecule has 2 amide bonds. The lowest BCUT2D eigenvalue weighted by atomic mass is 9.91. The summed E-state index contributed by atoms with van der Waals surface area (Å²) >= 11 is 0. The van der Waals surface area contributed by atoms with Gasteiger partial charge in [-0.1, -0.05) is 61.9 Å². The molecule has 0 bridgehead atoms. The van der Waals surface area contributed by atoms with E-state index in [-0.39, 0.29) is 17.4 Å². The molecular formula is C36H48N4O4. The van der Waals surface area contributed by atoms with Crippen LogP contribution in [0.1, 0.15) is 98.5 Å². The molecule has 8 nitrogen and oxygen atoms in total. The first-order chi connectivity index (χ1) is 20.9. The number of benzene rings is 2. The molecule has 1 aromatic heterocycles. The molecule has 0 saturated carbocycles. The quantitative estimate of drug-likeness (QED) is 0.263. The molecule has 1 unspecified atom stereocenters. The number of aromatic nitrogens is 2. The molecule has 1 atom stereocenters. The fraction of sp³-hybridized carbons (Fsp3) is 0.500. The van der Waals surface area contributed by atoms with Crippen molar-refractivity contribution in [1.29, 1.82) is 0 Å². The summed E-state index contributed by atoms with van der Waals surface area (Å²) in [6, 6.07) is 17.1. The maximum Gasteiger partial charge on any atom is 0.410 e. The lowest BCUT2D eigenvalue weighted by molar-refractivity contribution is 0.0288. The SMILES string of the molecule is Cc1ccc(C(=O)N(CCCN(C)C(=O)OC(C)(C)C)C(c2nc3n(c(=O)c2Cc2ccccc2)CCCC3)C(C)C)cc1. The van der Waals surface area contributed by atoms with Crippen molar-refractivity contribution in [2.24, 2.45) is 5.92 Å². The van der Waals surface area contributed by atoms with E-state index in [1.54, 1.807) is 11.9 Å². The lowest BCUT2D eigenvalue weighted by Gasteiger charge is -2.36. The lowest BCUT2D eigenvalue weighted by Crippen LogP contribution is -2.43. The fourth-order valence-electron chi connectivity index (χ4n) is 5.80. The molecule has 44 heavy (non-hydrogen) atoms. The molecule has 236 valence electrons. The minimum absolute atomic E-state index is 0.00778. The second-order valence-corrected chi connectivity index (χ2v) is 13.3. The number of carbonyl (C=O) groups is 2. The van der Waals surface area contributed by atoms with Gasteiger partial charge in [0.2, 0.25) is 0 Å². The number of rotatable bonds is 10. The van der Waals surface area contributed by atoms with E-state index in [4.69, 9.17) is 9.72 Å². The monoisotopic (exact) mass is 600 g/mol. The van der Waals surface area contributed by atoms with Gasteiger partial charge < -0.3 is 14.5 Å². The van der Waals surface area contributed by atoms with Crippen molar-refractivity contribution in [3.63, 3.8) is 0 Å². The van der Waals surface area contributed by atoms with Gasteiger partial charge in [-0.05, 0) is 70.6 Å². The minimum Gasteiger partial charge on any atom is -0.444 e. The first-order valence-corrected chi connectivity index (χ1v) is 15.8. The van der Waals surface area contributed by atoms with Crippen molar-refractivity contribution in [3.05, 3.63) is 98.7 Å². The Labute approximate surface area is 262 Å². The first-order valence-electron chi connectivity index (χ1n) is 15.8. The molecule has 0 radical (unpaired) electrons. The molecule has 0 saturated heterocycles. The van der Waals surface area contributed by atoms with Crippen LogP contribution in [0.4, 0.5) is 4.79 Å². The number of carbonyl (C=O) groups excluding carboxylic acids is 2. The van der Waals surface area contributed by atoms with E-state index in [1.807, 2.05) is 91.8 Å². The Bertz CT molecular complexity index is 1490. The number of aryl methyl sites for hydroxylation is 2. The van der Waals surface area contributed by atoms with Crippen molar-refractivity contribution in [1.82, 2.24) is 19.4 Å². The standard InChI is InChI=1S/C36H48N4O4/c1-25(2)32(31-29(24-27-14-9-8-10-15-27)34(42)39-22-12-11-16-30(39)37-31)40(33(41)28-19-17-26(3)18-20-28)23-13-21-38(7)35(43)44-36(4,5)6/h8-10,14-15,17-20,25,32H,11-13,16,21-24H2,1-7H3. The third-order valence-corrected chi connectivity index (χ3v) is 8.03. The van der Waals surface area contributed by atoms with E-state index in [9.17, 15) is 14.4 Å². The maximum atomic E-state index is 14.3. The van der Waals surface area contributed by atoms with Crippen LogP contribution in [-0.2, 0) is 24.1 Å². The van der Waals surface area contributed by atoms with Crippen LogP contribution in [0.5, 0.6) is 0 Å². The minimum atomic E-state index is -0.594. The van der Waals surface area contributed by atoms with Crippen LogP contribution in [0.15, 0.2) is 59.4 Å². The van der Waals surface area contributed by atoms with E-state index in [1.165, 1.54) is 0 Å². The summed E-state index contributed by atoms with van der Waals surface area (Å²) in [5.41, 5.74) is 3.41. The molecule has 2 heterocycles. The highest BCUT2D eigenvalue weighted by Gasteiger charge is 2.34. The van der Waals surface area contributed by atoms with Gasteiger partial charge in [-0.25, -0.2) is 9.78 Å². The Morgan fingerprint density at radius 1 is 1.00 bits per heavy atom. The summed E-state index contributed by atoms with van der Waals surface area (Å²) in [4.78, 5) is 49.7. The Morgan fingerprint density at radius 2 is 1.68 bits per heavy atom. The normalized spacial score (nSPS) is 13.7. The smallest absolute Gasteiger partial charge is 0.410 e. The summed E-state index contributed by atoms with van der Waals surface area (Å²) in [7, 11) is 1.71. The predicted octanol–water partition coefficient (Wildman–Crippen LogP) is 6.58. The van der Waals surface area contributed by atoms with Crippen LogP contribution in [0.3, 0.4) is 0 Å². The second-order valence-electron chi connectivity index (χ2n) is 13.3. The molecular weight excluding hydrogens is 552 g/mol. The Balaban J connectivity index is 1.76. The van der Waals surface area contributed by atoms with Crippen LogP contribution in [0.2, 0.25) is 0 Å². The van der Waals surface area contributed by atoms with Gasteiger partial charge in [0, 0.05) is 50.7 Å². The number of nitrogens with zero attached hydrogens (tertiary/aromatic N) is 4. The van der Waals surface area contributed by atoms with Gasteiger partial charge in [-0.15, -0.1) is 0 Å². The van der Waals surface area contributed by atoms with Crippen LogP contribution >= 0.6 is 0 Å². The topological polar surface area (TPSA) is 84.7 Å². The molecule has 1 aliphatic heterocycles. The van der Waals surface area contributed by atoms with Crippen LogP contribution in [0.25, 0.3) is 0 Å². The summed E-state index contributed by atoms with van der Waals surface area (Å²) in [6.45, 7) is 13.1. The van der Waals surface area contributed by atoms with Crippen LogP contribution in [-0.4, -0.2) is 57.1 Å². The van der Waals surface area contributed by atoms with Crippen molar-refractivity contribution in [2.45, 2.75) is 91.8 Å². The Hall–Kier alpha value is -3.94. The van der Waals surface area contributed by atoms with E-state index >= 15 is 0 Å². The van der Waals surface area contributed by atoms with Gasteiger partial charge in [0.05, 0.1) is 11.7 Å². The Kier molecular flexibility index (Phi) is 10.7. The zero-order valence-corrected chi connectivity index (χ0v) is 27.4. The molecule has 4 rings (SSSR count). The highest BCUT2D eigenvalue weighted by Crippen LogP contribution is 2.32. The van der Waals surface area contributed by atoms with Gasteiger partial charge >= 0.3 is 6.09 Å². The van der Waals surface area contributed by atoms with Crippen LogP contribution in [0, 0.1) is 12.8 Å². The van der Waals surface area contributed by atoms with Gasteiger partial charge in [-0.2, -0.15) is 0 Å². The van der Waals surface area contributed by atoms with E-state index < -0.39 is 17.7 Å². The Morgan fingerprint density at radius 3 is 2.32 bits per heavy atom. The third-order valence-electron chi connectivity index (χ3n) is 8.03. The summed E-state index contributed by atoms with van der Waals surface area (Å²) < 4.78 is 7.38. The average molecular weight is 601 g/mol. The van der Waals surface area contributed by atoms with Gasteiger partial charge in [0.15, 0.2) is 0 Å². The number of amides is 2. The van der Waals surface area contributed by atoms with E-state index in [0.29, 0.717) is 49.3 Å². The van der Waals surface area contributed by atoms with Gasteiger partial charge in [0.1, 0.15) is 11.4 Å².